The van der Waals surface area contributed by atoms with Crippen molar-refractivity contribution in [2.75, 3.05) is 0 Å². The van der Waals surface area contributed by atoms with Crippen LogP contribution in [0.15, 0.2) is 158 Å². The van der Waals surface area contributed by atoms with Crippen molar-refractivity contribution in [2.24, 2.45) is 0 Å². The van der Waals surface area contributed by atoms with Gasteiger partial charge in [-0.3, -0.25) is 0 Å². The first-order chi connectivity index (χ1) is 29.9. The number of carboxylic acid groups (broad SMARTS) is 4. The second-order valence-corrected chi connectivity index (χ2v) is 14.1. The lowest BCUT2D eigenvalue weighted by molar-refractivity contribution is 0.0680. The molecule has 0 atom stereocenters. The van der Waals surface area contributed by atoms with Crippen molar-refractivity contribution in [2.45, 2.75) is 19.3 Å². The number of carbonyl (C=O) groups is 6. The van der Waals surface area contributed by atoms with Crippen molar-refractivity contribution < 1.29 is 68.9 Å². The first-order valence-corrected chi connectivity index (χ1v) is 18.7. The molecule has 0 aliphatic heterocycles. The van der Waals surface area contributed by atoms with E-state index in [0.717, 1.165) is 17.2 Å². The van der Waals surface area contributed by atoms with Crippen LogP contribution >= 0.6 is 0 Å². The maximum atomic E-state index is 12.5. The van der Waals surface area contributed by atoms with Gasteiger partial charge < -0.3 is 40.1 Å². The maximum absolute atomic E-state index is 12.5. The van der Waals surface area contributed by atoms with Crippen molar-refractivity contribution in [3.63, 3.8) is 0 Å². The summed E-state index contributed by atoms with van der Waals surface area (Å²) in [5.74, 6) is -4.61. The number of hydrogen-bond donors (Lipinski definition) is 6. The Balaban J connectivity index is 0.000000212. The molecule has 0 aliphatic rings. The van der Waals surface area contributed by atoms with Gasteiger partial charge in [0.05, 0.1) is 33.4 Å². The predicted molar refractivity (Wildman–Crippen MR) is 229 cm³/mol. The number of ether oxygens (including phenoxy) is 2. The highest BCUT2D eigenvalue weighted by molar-refractivity contribution is 5.98. The highest BCUT2D eigenvalue weighted by atomic mass is 16.5. The minimum atomic E-state index is -1.13. The predicted octanol–water partition coefficient (Wildman–Crippen LogP) is 9.18. The number of rotatable bonds is 10. The second-order valence-electron chi connectivity index (χ2n) is 14.1. The molecule has 14 heteroatoms. The van der Waals surface area contributed by atoms with Crippen LogP contribution in [-0.4, -0.2) is 66.5 Å². The number of esters is 2. The summed E-state index contributed by atoms with van der Waals surface area (Å²) >= 11 is 0. The molecule has 0 bridgehead atoms. The molecule has 0 radical (unpaired) electrons. The van der Waals surface area contributed by atoms with Crippen molar-refractivity contribution in [3.05, 3.63) is 202 Å². The van der Waals surface area contributed by atoms with E-state index in [4.69, 9.17) is 29.9 Å². The molecule has 0 aliphatic carbocycles. The number of benzene rings is 7. The molecule has 318 valence electrons. The Morgan fingerprint density at radius 2 is 0.746 bits per heavy atom. The van der Waals surface area contributed by atoms with Gasteiger partial charge in [0.15, 0.2) is 0 Å². The Kier molecular flexibility index (Phi) is 14.4. The lowest BCUT2D eigenvalue weighted by Crippen LogP contribution is -2.18. The minimum Gasteiger partial charge on any atom is -0.508 e. The Hall–Kier alpha value is -8.78. The summed E-state index contributed by atoms with van der Waals surface area (Å²) in [5, 5.41) is 54.9. The zero-order chi connectivity index (χ0) is 45.8. The van der Waals surface area contributed by atoms with Gasteiger partial charge in [-0.1, -0.05) is 56.3 Å². The molecule has 0 aromatic heterocycles. The summed E-state index contributed by atoms with van der Waals surface area (Å²) < 4.78 is 10.7. The lowest BCUT2D eigenvalue weighted by atomic mass is 9.78. The van der Waals surface area contributed by atoms with Crippen LogP contribution in [0.1, 0.15) is 87.1 Å². The van der Waals surface area contributed by atoms with Crippen LogP contribution < -0.4 is 9.47 Å². The Morgan fingerprint density at radius 3 is 1.22 bits per heavy atom. The molecular weight excluding hydrogens is 813 g/mol. The van der Waals surface area contributed by atoms with Crippen LogP contribution in [0.5, 0.6) is 23.0 Å². The van der Waals surface area contributed by atoms with Crippen LogP contribution in [0.3, 0.4) is 0 Å². The fourth-order valence-electron chi connectivity index (χ4n) is 5.87. The third-order valence-corrected chi connectivity index (χ3v) is 9.47. The number of fused-ring (bicyclic) bond motifs is 1. The zero-order valence-electron chi connectivity index (χ0n) is 33.5. The fourth-order valence-corrected chi connectivity index (χ4v) is 5.87. The molecule has 0 spiro atoms. The van der Waals surface area contributed by atoms with Crippen molar-refractivity contribution in [1.82, 2.24) is 0 Å². The monoisotopic (exact) mass is 850 g/mol. The first-order valence-electron chi connectivity index (χ1n) is 18.7. The van der Waals surface area contributed by atoms with E-state index < -0.39 is 35.8 Å². The highest BCUT2D eigenvalue weighted by Crippen LogP contribution is 2.33. The molecule has 0 amide bonds. The van der Waals surface area contributed by atoms with E-state index in [1.807, 2.05) is 24.3 Å². The number of aromatic carboxylic acids is 4. The van der Waals surface area contributed by atoms with E-state index in [-0.39, 0.29) is 61.8 Å². The number of phenols is 2. The molecule has 0 saturated heterocycles. The van der Waals surface area contributed by atoms with Gasteiger partial charge in [0.1, 0.15) is 23.0 Å². The third kappa shape index (κ3) is 12.1. The standard InChI is InChI=1S/C26H16O8.C15H16O2.C8H6O4/c27-23(28)15-1-3-17(4-2-15)25(31)34-22-12-9-18-13-20(6-5-19(18)14-22)26(32)33-21-10-7-16(8-11-21)24(29)30;1-15(2,11-3-7-13(16)8-4-11)12-5-9-14(17)10-6-12;9-7(10)5-2-1-3-6(4-5)8(11)12/h1-14H,(H,27,28)(H,29,30);3-10,16-17H,1-2H3;1-4H,(H,9,10)(H,11,12). The molecule has 0 fully saturated rings. The molecule has 14 nitrogen and oxygen atoms in total. The average molecular weight is 851 g/mol. The van der Waals surface area contributed by atoms with E-state index >= 15 is 0 Å². The summed E-state index contributed by atoms with van der Waals surface area (Å²) in [7, 11) is 0. The summed E-state index contributed by atoms with van der Waals surface area (Å²) in [6, 6.07) is 40.3. The summed E-state index contributed by atoms with van der Waals surface area (Å²) in [4.78, 5) is 67.4. The molecule has 0 saturated carbocycles. The molecular formula is C49H38O14. The molecule has 63 heavy (non-hydrogen) atoms. The molecule has 6 N–H and O–H groups in total. The third-order valence-electron chi connectivity index (χ3n) is 9.47. The van der Waals surface area contributed by atoms with E-state index in [0.29, 0.717) is 10.8 Å². The zero-order valence-corrected chi connectivity index (χ0v) is 33.5. The van der Waals surface area contributed by atoms with Gasteiger partial charge in [-0.05, 0) is 137 Å². The van der Waals surface area contributed by atoms with Gasteiger partial charge in [-0.15, -0.1) is 0 Å². The second kappa shape index (κ2) is 20.0. The van der Waals surface area contributed by atoms with Crippen LogP contribution in [0.2, 0.25) is 0 Å². The van der Waals surface area contributed by atoms with E-state index in [1.54, 1.807) is 60.7 Å². The molecule has 0 unspecified atom stereocenters. The quantitative estimate of drug-likeness (QED) is 0.0555. The Bertz CT molecular complexity index is 2710. The largest absolute Gasteiger partial charge is 0.508 e. The maximum Gasteiger partial charge on any atom is 0.343 e. The van der Waals surface area contributed by atoms with Gasteiger partial charge >= 0.3 is 35.8 Å². The average Bonchev–Trinajstić information content (AvgIpc) is 3.27. The SMILES string of the molecule is CC(C)(c1ccc(O)cc1)c1ccc(O)cc1.O=C(O)c1ccc(OC(=O)c2ccc3cc(OC(=O)c4ccc(C(=O)O)cc4)ccc3c2)cc1.O=C(O)c1cccc(C(=O)O)c1. The molecule has 7 aromatic rings. The number of carbonyl (C=O) groups excluding carboxylic acids is 2. The topological polar surface area (TPSA) is 242 Å². The molecule has 7 rings (SSSR count). The summed E-state index contributed by atoms with van der Waals surface area (Å²) in [5.41, 5.74) is 2.71. The van der Waals surface area contributed by atoms with E-state index in [9.17, 15) is 39.0 Å². The first kappa shape index (κ1) is 45.3. The van der Waals surface area contributed by atoms with Gasteiger partial charge in [-0.25, -0.2) is 28.8 Å². The molecule has 7 aromatic carbocycles. The number of phenolic OH excluding ortho intramolecular Hbond substituents is 2. The Labute approximate surface area is 359 Å². The summed E-state index contributed by atoms with van der Waals surface area (Å²) in [6.07, 6.45) is 0. The lowest BCUT2D eigenvalue weighted by Gasteiger charge is -2.26. The minimum absolute atomic E-state index is 0.0186. The number of aromatic hydroxyl groups is 2. The van der Waals surface area contributed by atoms with Crippen LogP contribution in [0.25, 0.3) is 10.8 Å². The number of carboxylic acids is 4. The van der Waals surface area contributed by atoms with E-state index in [2.05, 4.69) is 13.8 Å². The van der Waals surface area contributed by atoms with Crippen LogP contribution in [-0.2, 0) is 5.41 Å². The Morgan fingerprint density at radius 1 is 0.381 bits per heavy atom. The smallest absolute Gasteiger partial charge is 0.343 e. The van der Waals surface area contributed by atoms with Gasteiger partial charge in [-0.2, -0.15) is 0 Å². The van der Waals surface area contributed by atoms with Gasteiger partial charge in [0, 0.05) is 5.41 Å². The summed E-state index contributed by atoms with van der Waals surface area (Å²) in [6.45, 7) is 4.23. The van der Waals surface area contributed by atoms with Gasteiger partial charge in [0.25, 0.3) is 0 Å². The van der Waals surface area contributed by atoms with Crippen LogP contribution in [0.4, 0.5) is 0 Å². The van der Waals surface area contributed by atoms with Crippen molar-refractivity contribution in [3.8, 4) is 23.0 Å². The van der Waals surface area contributed by atoms with Crippen molar-refractivity contribution >= 4 is 46.6 Å². The normalized spacial score (nSPS) is 10.5. The highest BCUT2D eigenvalue weighted by Gasteiger charge is 2.23. The van der Waals surface area contributed by atoms with E-state index in [1.165, 1.54) is 66.7 Å². The van der Waals surface area contributed by atoms with Crippen molar-refractivity contribution in [1.29, 1.82) is 0 Å². The van der Waals surface area contributed by atoms with Gasteiger partial charge in [0.2, 0.25) is 0 Å². The fraction of sp³-hybridized carbons (Fsp3) is 0.0612. The van der Waals surface area contributed by atoms with Crippen LogP contribution in [0, 0.1) is 0 Å². The number of hydrogen-bond acceptors (Lipinski definition) is 10. The molecule has 0 heterocycles.